The summed E-state index contributed by atoms with van der Waals surface area (Å²) in [7, 11) is 0. The van der Waals surface area contributed by atoms with Crippen molar-refractivity contribution in [1.82, 2.24) is 10.3 Å². The van der Waals surface area contributed by atoms with E-state index in [1.165, 1.54) is 0 Å². The van der Waals surface area contributed by atoms with Crippen LogP contribution in [-0.4, -0.2) is 16.0 Å². The molecule has 7 heteroatoms. The van der Waals surface area contributed by atoms with E-state index in [1.807, 2.05) is 36.4 Å². The van der Waals surface area contributed by atoms with E-state index in [1.54, 1.807) is 18.3 Å². The molecule has 2 aromatic carbocycles. The number of thiocarbonyl (C=S) groups is 1. The van der Waals surface area contributed by atoms with Crippen LogP contribution in [0.25, 0.3) is 10.9 Å². The average molecular weight is 468 g/mol. The quantitative estimate of drug-likeness (QED) is 0.427. The number of pyridine rings is 1. The third-order valence-corrected chi connectivity index (χ3v) is 4.49. The molecule has 4 nitrogen and oxygen atoms in total. The fraction of sp³-hybridized carbons (Fsp3) is 0. The molecule has 0 aliphatic rings. The van der Waals surface area contributed by atoms with Crippen molar-refractivity contribution in [2.45, 2.75) is 0 Å². The maximum atomic E-state index is 12.3. The Morgan fingerprint density at radius 3 is 2.79 bits per heavy atom. The zero-order valence-electron chi connectivity index (χ0n) is 12.2. The molecule has 0 saturated heterocycles. The van der Waals surface area contributed by atoms with Gasteiger partial charge in [0.2, 0.25) is 0 Å². The molecule has 1 heterocycles. The Kier molecular flexibility index (Phi) is 5.27. The summed E-state index contributed by atoms with van der Waals surface area (Å²) >= 11 is 13.4. The van der Waals surface area contributed by atoms with Crippen LogP contribution in [0.2, 0.25) is 5.02 Å². The summed E-state index contributed by atoms with van der Waals surface area (Å²) in [6.07, 6.45) is 1.71. The van der Waals surface area contributed by atoms with Crippen molar-refractivity contribution in [3.8, 4) is 0 Å². The lowest BCUT2D eigenvalue weighted by Crippen LogP contribution is -2.34. The smallest absolute Gasteiger partial charge is 0.258 e. The van der Waals surface area contributed by atoms with Crippen LogP contribution in [0.3, 0.4) is 0 Å². The van der Waals surface area contributed by atoms with E-state index in [0.717, 1.165) is 20.2 Å². The predicted octanol–water partition coefficient (Wildman–Crippen LogP) is 4.62. The minimum absolute atomic E-state index is 0.188. The molecule has 0 saturated carbocycles. The largest absolute Gasteiger partial charge is 0.331 e. The van der Waals surface area contributed by atoms with Gasteiger partial charge in [0.15, 0.2) is 5.11 Å². The standard InChI is InChI=1S/C17H11ClIN3OS/c18-13-7-6-11(19)9-12(13)16(23)22-17(24)21-14-5-1-3-10-4-2-8-20-15(10)14/h1-9H,(H2,21,22,23,24). The van der Waals surface area contributed by atoms with E-state index < -0.39 is 0 Å². The number of amides is 1. The van der Waals surface area contributed by atoms with Gasteiger partial charge in [0.05, 0.1) is 21.8 Å². The number of anilines is 1. The molecule has 1 amide bonds. The van der Waals surface area contributed by atoms with Gasteiger partial charge in [0, 0.05) is 15.2 Å². The summed E-state index contributed by atoms with van der Waals surface area (Å²) in [6.45, 7) is 0. The minimum atomic E-state index is -0.357. The second kappa shape index (κ2) is 7.42. The first kappa shape index (κ1) is 17.1. The highest BCUT2D eigenvalue weighted by atomic mass is 127. The van der Waals surface area contributed by atoms with Gasteiger partial charge in [0.25, 0.3) is 5.91 Å². The van der Waals surface area contributed by atoms with Crippen molar-refractivity contribution in [1.29, 1.82) is 0 Å². The van der Waals surface area contributed by atoms with Gasteiger partial charge in [-0.3, -0.25) is 15.1 Å². The summed E-state index contributed by atoms with van der Waals surface area (Å²) < 4.78 is 0.916. The van der Waals surface area contributed by atoms with Gasteiger partial charge >= 0.3 is 0 Å². The molecule has 0 aliphatic heterocycles. The number of nitrogens with zero attached hydrogens (tertiary/aromatic N) is 1. The molecule has 0 atom stereocenters. The molecule has 0 radical (unpaired) electrons. The monoisotopic (exact) mass is 467 g/mol. The van der Waals surface area contributed by atoms with Crippen LogP contribution in [0.4, 0.5) is 5.69 Å². The number of halogens is 2. The van der Waals surface area contributed by atoms with E-state index in [2.05, 4.69) is 38.2 Å². The fourth-order valence-electron chi connectivity index (χ4n) is 2.20. The molecule has 3 aromatic rings. The first-order valence-electron chi connectivity index (χ1n) is 6.96. The maximum absolute atomic E-state index is 12.3. The van der Waals surface area contributed by atoms with Crippen LogP contribution in [0.1, 0.15) is 10.4 Å². The Balaban J connectivity index is 1.78. The maximum Gasteiger partial charge on any atom is 0.258 e. The number of aromatic nitrogens is 1. The topological polar surface area (TPSA) is 54.0 Å². The van der Waals surface area contributed by atoms with Crippen LogP contribution < -0.4 is 10.6 Å². The number of rotatable bonds is 2. The van der Waals surface area contributed by atoms with Crippen LogP contribution in [0, 0.1) is 3.57 Å². The highest BCUT2D eigenvalue weighted by molar-refractivity contribution is 14.1. The number of para-hydroxylation sites is 1. The molecule has 3 rings (SSSR count). The van der Waals surface area contributed by atoms with Crippen molar-refractivity contribution in [2.24, 2.45) is 0 Å². The highest BCUT2D eigenvalue weighted by Crippen LogP contribution is 2.21. The number of fused-ring (bicyclic) bond motifs is 1. The highest BCUT2D eigenvalue weighted by Gasteiger charge is 2.13. The number of nitrogens with one attached hydrogen (secondary N) is 2. The Morgan fingerprint density at radius 1 is 1.17 bits per heavy atom. The molecule has 120 valence electrons. The Bertz CT molecular complexity index is 943. The summed E-state index contributed by atoms with van der Waals surface area (Å²) in [5.41, 5.74) is 1.89. The molecule has 1 aromatic heterocycles. The summed E-state index contributed by atoms with van der Waals surface area (Å²) in [4.78, 5) is 16.7. The zero-order chi connectivity index (χ0) is 17.1. The van der Waals surface area contributed by atoms with E-state index in [0.29, 0.717) is 10.6 Å². The van der Waals surface area contributed by atoms with Gasteiger partial charge in [-0.1, -0.05) is 29.8 Å². The second-order valence-corrected chi connectivity index (χ2v) is 6.97. The summed E-state index contributed by atoms with van der Waals surface area (Å²) in [5.74, 6) is -0.357. The third-order valence-electron chi connectivity index (χ3n) is 3.28. The van der Waals surface area contributed by atoms with E-state index in [4.69, 9.17) is 23.8 Å². The normalized spacial score (nSPS) is 10.4. The van der Waals surface area contributed by atoms with Crippen molar-refractivity contribution in [2.75, 3.05) is 5.32 Å². The number of carbonyl (C=O) groups excluding carboxylic acids is 1. The van der Waals surface area contributed by atoms with Crippen LogP contribution >= 0.6 is 46.4 Å². The molecular weight excluding hydrogens is 457 g/mol. The number of benzene rings is 2. The predicted molar refractivity (Wildman–Crippen MR) is 110 cm³/mol. The van der Waals surface area contributed by atoms with E-state index >= 15 is 0 Å². The van der Waals surface area contributed by atoms with Gasteiger partial charge in [0.1, 0.15) is 0 Å². The molecule has 24 heavy (non-hydrogen) atoms. The number of hydrogen-bond donors (Lipinski definition) is 2. The van der Waals surface area contributed by atoms with Gasteiger partial charge in [-0.2, -0.15) is 0 Å². The summed E-state index contributed by atoms with van der Waals surface area (Å²) in [5, 5.41) is 7.20. The summed E-state index contributed by atoms with van der Waals surface area (Å²) in [6, 6.07) is 14.8. The lowest BCUT2D eigenvalue weighted by atomic mass is 10.2. The van der Waals surface area contributed by atoms with Crippen molar-refractivity contribution >= 4 is 74.0 Å². The van der Waals surface area contributed by atoms with Crippen LogP contribution in [0.5, 0.6) is 0 Å². The van der Waals surface area contributed by atoms with Gasteiger partial charge in [-0.05, 0) is 65.1 Å². The molecular formula is C17H11ClIN3OS. The fourth-order valence-corrected chi connectivity index (χ4v) is 3.10. The van der Waals surface area contributed by atoms with Crippen molar-refractivity contribution in [3.63, 3.8) is 0 Å². The number of carbonyl (C=O) groups is 1. The minimum Gasteiger partial charge on any atom is -0.331 e. The molecule has 2 N–H and O–H groups in total. The first-order chi connectivity index (χ1) is 11.5. The lowest BCUT2D eigenvalue weighted by Gasteiger charge is -2.12. The molecule has 0 bridgehead atoms. The van der Waals surface area contributed by atoms with E-state index in [-0.39, 0.29) is 11.0 Å². The second-order valence-electron chi connectivity index (χ2n) is 4.91. The SMILES string of the molecule is O=C(NC(=S)Nc1cccc2cccnc12)c1cc(I)ccc1Cl. The average Bonchev–Trinajstić information content (AvgIpc) is 2.57. The first-order valence-corrected chi connectivity index (χ1v) is 8.82. The van der Waals surface area contributed by atoms with Crippen LogP contribution in [-0.2, 0) is 0 Å². The Labute approximate surface area is 162 Å². The van der Waals surface area contributed by atoms with E-state index in [9.17, 15) is 4.79 Å². The molecule has 0 aliphatic carbocycles. The van der Waals surface area contributed by atoms with Gasteiger partial charge in [-0.25, -0.2) is 0 Å². The number of hydrogen-bond acceptors (Lipinski definition) is 3. The third kappa shape index (κ3) is 3.82. The molecule has 0 fully saturated rings. The molecule has 0 spiro atoms. The lowest BCUT2D eigenvalue weighted by molar-refractivity contribution is 0.0978. The molecule has 0 unspecified atom stereocenters. The Hall–Kier alpha value is -1.77. The van der Waals surface area contributed by atoms with Gasteiger partial charge in [-0.15, -0.1) is 0 Å². The van der Waals surface area contributed by atoms with Crippen molar-refractivity contribution in [3.05, 3.63) is 68.9 Å². The zero-order valence-corrected chi connectivity index (χ0v) is 15.9. The van der Waals surface area contributed by atoms with Gasteiger partial charge < -0.3 is 5.32 Å². The van der Waals surface area contributed by atoms with Crippen molar-refractivity contribution < 1.29 is 4.79 Å². The Morgan fingerprint density at radius 2 is 1.96 bits per heavy atom. The van der Waals surface area contributed by atoms with Crippen LogP contribution in [0.15, 0.2) is 54.7 Å².